The first-order valence-corrected chi connectivity index (χ1v) is 11.2. The fourth-order valence-corrected chi connectivity index (χ4v) is 5.26. The third-order valence-corrected chi connectivity index (χ3v) is 6.89. The van der Waals surface area contributed by atoms with E-state index in [0.717, 1.165) is 29.9 Å². The Kier molecular flexibility index (Phi) is 6.95. The molecule has 0 aromatic carbocycles. The molecule has 6 nitrogen and oxygen atoms in total. The molecule has 27 heavy (non-hydrogen) atoms. The van der Waals surface area contributed by atoms with E-state index < -0.39 is 0 Å². The Balaban J connectivity index is 1.44. The summed E-state index contributed by atoms with van der Waals surface area (Å²) in [7, 11) is 0. The number of carbonyl (C=O) groups excluding carboxylic acids is 2. The summed E-state index contributed by atoms with van der Waals surface area (Å²) in [4.78, 5) is 26.3. The minimum Gasteiger partial charge on any atom is -0.361 e. The smallest absolute Gasteiger partial charge is 0.279 e. The molecule has 0 fully saturated rings. The number of hydrazine groups is 1. The molecule has 0 saturated heterocycles. The number of aryl methyl sites for hydroxylation is 4. The predicted octanol–water partition coefficient (Wildman–Crippen LogP) is 3.71. The lowest BCUT2D eigenvalue weighted by molar-refractivity contribution is -0.119. The second-order valence-electron chi connectivity index (χ2n) is 6.77. The number of carbonyl (C=O) groups is 2. The van der Waals surface area contributed by atoms with E-state index in [1.54, 1.807) is 11.3 Å². The maximum Gasteiger partial charge on any atom is 0.279 e. The highest BCUT2D eigenvalue weighted by Gasteiger charge is 2.16. The summed E-state index contributed by atoms with van der Waals surface area (Å²) < 4.78 is 5.11. The summed E-state index contributed by atoms with van der Waals surface area (Å²) in [5.74, 6) is 1.22. The van der Waals surface area contributed by atoms with Gasteiger partial charge in [-0.25, -0.2) is 0 Å². The number of rotatable bonds is 5. The first-order chi connectivity index (χ1) is 13.0. The lowest BCUT2D eigenvalue weighted by Gasteiger charge is -2.07. The highest BCUT2D eigenvalue weighted by Crippen LogP contribution is 2.28. The van der Waals surface area contributed by atoms with E-state index >= 15 is 0 Å². The number of hydrogen-bond donors (Lipinski definition) is 2. The van der Waals surface area contributed by atoms with Gasteiger partial charge in [0, 0.05) is 16.2 Å². The van der Waals surface area contributed by atoms with E-state index in [1.807, 2.05) is 19.9 Å². The molecule has 146 valence electrons. The Labute approximate surface area is 167 Å². The topological polar surface area (TPSA) is 84.2 Å². The summed E-state index contributed by atoms with van der Waals surface area (Å²) in [6.07, 6.45) is 7.00. The number of amides is 2. The van der Waals surface area contributed by atoms with Crippen LogP contribution in [0.1, 0.15) is 62.8 Å². The summed E-state index contributed by atoms with van der Waals surface area (Å²) in [6.45, 7) is 3.75. The number of nitrogens with zero attached hydrogens (tertiary/aromatic N) is 1. The molecule has 2 N–H and O–H groups in total. The van der Waals surface area contributed by atoms with E-state index in [1.165, 1.54) is 47.9 Å². The van der Waals surface area contributed by atoms with Gasteiger partial charge in [0.2, 0.25) is 5.91 Å². The summed E-state index contributed by atoms with van der Waals surface area (Å²) in [5, 5.41) is 3.90. The van der Waals surface area contributed by atoms with Gasteiger partial charge in [0.1, 0.15) is 5.76 Å². The number of hydrogen-bond acceptors (Lipinski definition) is 6. The van der Waals surface area contributed by atoms with Crippen LogP contribution in [-0.2, 0) is 23.4 Å². The van der Waals surface area contributed by atoms with Crippen molar-refractivity contribution in [1.82, 2.24) is 16.0 Å². The molecular weight excluding hydrogens is 382 g/mol. The second kappa shape index (κ2) is 9.41. The van der Waals surface area contributed by atoms with Crippen molar-refractivity contribution in [1.29, 1.82) is 0 Å². The van der Waals surface area contributed by atoms with Crippen molar-refractivity contribution in [3.63, 3.8) is 0 Å². The second-order valence-corrected chi connectivity index (χ2v) is 8.89. The number of aromatic nitrogens is 1. The molecule has 1 aliphatic carbocycles. The molecule has 0 bridgehead atoms. The van der Waals surface area contributed by atoms with E-state index in [4.69, 9.17) is 4.52 Å². The molecule has 0 spiro atoms. The van der Waals surface area contributed by atoms with Crippen molar-refractivity contribution in [2.75, 3.05) is 5.75 Å². The Morgan fingerprint density at radius 2 is 1.96 bits per heavy atom. The highest BCUT2D eigenvalue weighted by atomic mass is 32.2. The van der Waals surface area contributed by atoms with Crippen molar-refractivity contribution < 1.29 is 14.1 Å². The molecule has 1 aliphatic rings. The third-order valence-electron chi connectivity index (χ3n) is 4.70. The Morgan fingerprint density at radius 3 is 2.70 bits per heavy atom. The number of thiophene rings is 1. The zero-order valence-electron chi connectivity index (χ0n) is 15.7. The van der Waals surface area contributed by atoms with Gasteiger partial charge in [-0.05, 0) is 51.2 Å². The van der Waals surface area contributed by atoms with Crippen LogP contribution in [0.5, 0.6) is 0 Å². The molecule has 3 rings (SSSR count). The molecule has 0 aliphatic heterocycles. The van der Waals surface area contributed by atoms with Gasteiger partial charge in [-0.2, -0.15) is 0 Å². The van der Waals surface area contributed by atoms with Crippen molar-refractivity contribution >= 4 is 34.9 Å². The van der Waals surface area contributed by atoms with Crippen LogP contribution >= 0.6 is 23.1 Å². The molecule has 2 heterocycles. The average molecular weight is 408 g/mol. The number of thioether (sulfide) groups is 1. The van der Waals surface area contributed by atoms with Crippen LogP contribution in [0, 0.1) is 13.8 Å². The van der Waals surface area contributed by atoms with E-state index in [0.29, 0.717) is 10.6 Å². The van der Waals surface area contributed by atoms with Crippen LogP contribution in [0.15, 0.2) is 10.6 Å². The predicted molar refractivity (Wildman–Crippen MR) is 108 cm³/mol. The fourth-order valence-electron chi connectivity index (χ4n) is 3.13. The standard InChI is InChI=1S/C19H25N3O3S2/c1-12-15(13(2)25-22-12)10-26-11-18(23)20-21-19(24)17-9-14-7-5-3-4-6-8-16(14)27-17/h9H,3-8,10-11H2,1-2H3,(H,20,23)(H,21,24). The lowest BCUT2D eigenvalue weighted by Crippen LogP contribution is -2.42. The largest absolute Gasteiger partial charge is 0.361 e. The Bertz CT molecular complexity index is 768. The van der Waals surface area contributed by atoms with Crippen LogP contribution in [0.3, 0.4) is 0 Å². The van der Waals surface area contributed by atoms with Gasteiger partial charge in [0.15, 0.2) is 0 Å². The number of nitrogens with one attached hydrogen (secondary N) is 2. The molecule has 2 aromatic heterocycles. The van der Waals surface area contributed by atoms with Gasteiger partial charge in [0.05, 0.1) is 16.3 Å². The van der Waals surface area contributed by atoms with Gasteiger partial charge in [-0.3, -0.25) is 20.4 Å². The average Bonchev–Trinajstić information content (AvgIpc) is 3.17. The van der Waals surface area contributed by atoms with E-state index in [9.17, 15) is 9.59 Å². The summed E-state index contributed by atoms with van der Waals surface area (Å²) in [6, 6.07) is 1.99. The van der Waals surface area contributed by atoms with Gasteiger partial charge in [0.25, 0.3) is 5.91 Å². The zero-order chi connectivity index (χ0) is 19.2. The quantitative estimate of drug-likeness (QED) is 0.738. The van der Waals surface area contributed by atoms with Crippen molar-refractivity contribution in [3.05, 3.63) is 38.4 Å². The van der Waals surface area contributed by atoms with Crippen LogP contribution in [0.2, 0.25) is 0 Å². The summed E-state index contributed by atoms with van der Waals surface area (Å²) in [5.41, 5.74) is 8.20. The molecule has 0 unspecified atom stereocenters. The third kappa shape index (κ3) is 5.35. The lowest BCUT2D eigenvalue weighted by atomic mass is 10.00. The monoisotopic (exact) mass is 407 g/mol. The van der Waals surface area contributed by atoms with Crippen molar-refractivity contribution in [3.8, 4) is 0 Å². The first kappa shape index (κ1) is 19.9. The SMILES string of the molecule is Cc1noc(C)c1CSCC(=O)NNC(=O)c1cc2c(s1)CCCCCC2. The highest BCUT2D eigenvalue weighted by molar-refractivity contribution is 7.99. The van der Waals surface area contributed by atoms with Crippen LogP contribution in [0.25, 0.3) is 0 Å². The maximum absolute atomic E-state index is 12.3. The van der Waals surface area contributed by atoms with Gasteiger partial charge in [-0.15, -0.1) is 23.1 Å². The molecule has 2 aromatic rings. The van der Waals surface area contributed by atoms with Crippen LogP contribution in [-0.4, -0.2) is 22.7 Å². The molecule has 0 radical (unpaired) electrons. The fraction of sp³-hybridized carbons (Fsp3) is 0.526. The minimum absolute atomic E-state index is 0.227. The Hall–Kier alpha value is -1.80. The van der Waals surface area contributed by atoms with E-state index in [2.05, 4.69) is 16.0 Å². The molecule has 0 atom stereocenters. The Morgan fingerprint density at radius 1 is 1.19 bits per heavy atom. The molecule has 2 amide bonds. The summed E-state index contributed by atoms with van der Waals surface area (Å²) >= 11 is 3.01. The molecule has 0 saturated carbocycles. The van der Waals surface area contributed by atoms with Gasteiger partial charge >= 0.3 is 0 Å². The zero-order valence-corrected chi connectivity index (χ0v) is 17.4. The van der Waals surface area contributed by atoms with Gasteiger partial charge in [-0.1, -0.05) is 18.0 Å². The number of fused-ring (bicyclic) bond motifs is 1. The van der Waals surface area contributed by atoms with Crippen LogP contribution < -0.4 is 10.9 Å². The molecular formula is C19H25N3O3S2. The van der Waals surface area contributed by atoms with Crippen molar-refractivity contribution in [2.45, 2.75) is 58.1 Å². The normalized spacial score (nSPS) is 14.1. The van der Waals surface area contributed by atoms with Crippen molar-refractivity contribution in [2.24, 2.45) is 0 Å². The maximum atomic E-state index is 12.3. The van der Waals surface area contributed by atoms with Gasteiger partial charge < -0.3 is 4.52 Å². The van der Waals surface area contributed by atoms with E-state index in [-0.39, 0.29) is 17.6 Å². The van der Waals surface area contributed by atoms with Crippen LogP contribution in [0.4, 0.5) is 0 Å². The minimum atomic E-state index is -0.240. The first-order valence-electron chi connectivity index (χ1n) is 9.25. The molecule has 8 heteroatoms.